The molecule has 2 N–H and O–H groups in total. The molecule has 5 heterocycles. The number of piperidine rings is 3. The zero-order valence-electron chi connectivity index (χ0n) is 22.2. The summed E-state index contributed by atoms with van der Waals surface area (Å²) in [5, 5.41) is 26.7. The highest BCUT2D eigenvalue weighted by Crippen LogP contribution is 2.38. The fraction of sp³-hybridized carbons (Fsp3) is 0.379. The van der Waals surface area contributed by atoms with Crippen LogP contribution in [0.3, 0.4) is 0 Å². The first-order chi connectivity index (χ1) is 19.4. The Hall–Kier alpha value is -3.74. The number of rotatable bonds is 7. The van der Waals surface area contributed by atoms with Crippen molar-refractivity contribution in [2.45, 2.75) is 43.8 Å². The molecule has 10 heteroatoms. The van der Waals surface area contributed by atoms with E-state index < -0.39 is 6.02 Å². The molecule has 0 spiro atoms. The molecule has 39 heavy (non-hydrogen) atoms. The highest BCUT2D eigenvalue weighted by Gasteiger charge is 2.35. The van der Waals surface area contributed by atoms with Crippen LogP contribution < -0.4 is 10.6 Å². The van der Waals surface area contributed by atoms with Gasteiger partial charge in [0, 0.05) is 29.9 Å². The third-order valence-electron chi connectivity index (χ3n) is 8.12. The van der Waals surface area contributed by atoms with Crippen molar-refractivity contribution in [1.82, 2.24) is 24.9 Å². The van der Waals surface area contributed by atoms with Gasteiger partial charge in [0.1, 0.15) is 17.6 Å². The van der Waals surface area contributed by atoms with Gasteiger partial charge in [-0.15, -0.1) is 5.10 Å². The Balaban J connectivity index is 1.31. The minimum atomic E-state index is -1.58. The predicted molar refractivity (Wildman–Crippen MR) is 148 cm³/mol. The molecule has 4 aliphatic rings. The fourth-order valence-corrected chi connectivity index (χ4v) is 6.11. The molecule has 3 saturated heterocycles. The van der Waals surface area contributed by atoms with E-state index in [0.717, 1.165) is 45.3 Å². The molecule has 8 rings (SSSR count). The number of pyridine rings is 1. The second kappa shape index (κ2) is 9.78. The van der Waals surface area contributed by atoms with E-state index in [4.69, 9.17) is 11.6 Å². The van der Waals surface area contributed by atoms with Crippen LogP contribution in [0.25, 0.3) is 10.9 Å². The Morgan fingerprint density at radius 1 is 1.15 bits per heavy atom. The van der Waals surface area contributed by atoms with E-state index >= 15 is 0 Å². The smallest absolute Gasteiger partial charge is 0.123 e. The Morgan fingerprint density at radius 3 is 2.64 bits per heavy atom. The molecule has 4 fully saturated rings. The number of hydrogen-bond donors (Lipinski definition) is 2. The van der Waals surface area contributed by atoms with Gasteiger partial charge in [-0.1, -0.05) is 28.9 Å². The first-order valence-corrected chi connectivity index (χ1v) is 13.8. The first kappa shape index (κ1) is 23.2. The van der Waals surface area contributed by atoms with Crippen molar-refractivity contribution in [3.8, 4) is 6.07 Å². The summed E-state index contributed by atoms with van der Waals surface area (Å²) in [6.07, 6.45) is 7.67. The summed E-state index contributed by atoms with van der Waals surface area (Å²) in [4.78, 5) is 6.96. The van der Waals surface area contributed by atoms with Gasteiger partial charge < -0.3 is 15.5 Å². The van der Waals surface area contributed by atoms with Crippen molar-refractivity contribution in [2.75, 3.05) is 30.3 Å². The SMILES string of the molecule is [2H][C@@](Nc1cc(Cl)c2ncc(C#N)c(NC3CN4CCC3CC4)c2c1)(c1ccc(F)cc1)c1cn(C2CC2)nn1. The van der Waals surface area contributed by atoms with Crippen molar-refractivity contribution >= 4 is 33.9 Å². The number of halogens is 2. The van der Waals surface area contributed by atoms with Crippen LogP contribution in [0, 0.1) is 23.1 Å². The number of hydrogen-bond acceptors (Lipinski definition) is 7. The molecular formula is C29H28ClFN8. The minimum Gasteiger partial charge on any atom is -0.379 e. The highest BCUT2D eigenvalue weighted by atomic mass is 35.5. The maximum atomic E-state index is 13.8. The van der Waals surface area contributed by atoms with Crippen molar-refractivity contribution < 1.29 is 5.76 Å². The predicted octanol–water partition coefficient (Wildman–Crippen LogP) is 5.53. The molecule has 3 aliphatic heterocycles. The quantitative estimate of drug-likeness (QED) is 0.316. The van der Waals surface area contributed by atoms with E-state index in [2.05, 4.69) is 36.9 Å². The van der Waals surface area contributed by atoms with E-state index in [1.54, 1.807) is 35.3 Å². The molecule has 2 aromatic carbocycles. The summed E-state index contributed by atoms with van der Waals surface area (Å²) in [6, 6.07) is 10.6. The van der Waals surface area contributed by atoms with Gasteiger partial charge in [0.15, 0.2) is 0 Å². The Bertz CT molecular complexity index is 1620. The van der Waals surface area contributed by atoms with Crippen molar-refractivity contribution in [3.63, 3.8) is 0 Å². The molecule has 2 atom stereocenters. The third-order valence-corrected chi connectivity index (χ3v) is 8.41. The summed E-state index contributed by atoms with van der Waals surface area (Å²) in [5.74, 6) is 0.157. The Kier molecular flexibility index (Phi) is 5.81. The molecule has 0 radical (unpaired) electrons. The van der Waals surface area contributed by atoms with Crippen LogP contribution >= 0.6 is 11.6 Å². The van der Waals surface area contributed by atoms with Gasteiger partial charge in [-0.2, -0.15) is 5.26 Å². The maximum absolute atomic E-state index is 13.8. The number of nitrogens with one attached hydrogen (secondary N) is 2. The Morgan fingerprint density at radius 2 is 1.95 bits per heavy atom. The average molecular weight is 544 g/mol. The van der Waals surface area contributed by atoms with Crippen molar-refractivity contribution in [3.05, 3.63) is 76.5 Å². The van der Waals surface area contributed by atoms with Crippen LogP contribution in [0.2, 0.25) is 5.02 Å². The summed E-state index contributed by atoms with van der Waals surface area (Å²) in [5.41, 5.74) is 3.16. The number of nitrogens with zero attached hydrogens (tertiary/aromatic N) is 6. The van der Waals surface area contributed by atoms with E-state index in [1.165, 1.54) is 12.1 Å². The molecule has 2 aromatic heterocycles. The van der Waals surface area contributed by atoms with Crippen LogP contribution in [0.15, 0.2) is 48.8 Å². The largest absolute Gasteiger partial charge is 0.379 e. The summed E-state index contributed by atoms with van der Waals surface area (Å²) in [7, 11) is 0. The zero-order valence-corrected chi connectivity index (χ0v) is 22.0. The topological polar surface area (TPSA) is 94.7 Å². The number of benzene rings is 2. The molecule has 8 nitrogen and oxygen atoms in total. The monoisotopic (exact) mass is 543 g/mol. The van der Waals surface area contributed by atoms with Crippen molar-refractivity contribution in [1.29, 1.82) is 5.26 Å². The zero-order chi connectivity index (χ0) is 27.4. The second-order valence-corrected chi connectivity index (χ2v) is 11.1. The van der Waals surface area contributed by atoms with E-state index in [-0.39, 0.29) is 11.9 Å². The van der Waals surface area contributed by atoms with Crippen LogP contribution in [-0.2, 0) is 0 Å². The maximum Gasteiger partial charge on any atom is 0.123 e. The van der Waals surface area contributed by atoms with E-state index in [1.807, 2.05) is 6.07 Å². The number of aromatic nitrogens is 4. The average Bonchev–Trinajstić information content (AvgIpc) is 3.70. The Labute approximate surface area is 232 Å². The second-order valence-electron chi connectivity index (χ2n) is 10.7. The lowest BCUT2D eigenvalue weighted by Gasteiger charge is -2.45. The lowest BCUT2D eigenvalue weighted by atomic mass is 9.83. The molecule has 1 unspecified atom stereocenters. The van der Waals surface area contributed by atoms with Gasteiger partial charge in [0.2, 0.25) is 0 Å². The van der Waals surface area contributed by atoms with E-state index in [9.17, 15) is 11.0 Å². The van der Waals surface area contributed by atoms with Gasteiger partial charge in [-0.05, 0) is 74.5 Å². The number of fused-ring (bicyclic) bond motifs is 4. The fourth-order valence-electron chi connectivity index (χ4n) is 5.84. The first-order valence-electron chi connectivity index (χ1n) is 13.9. The molecule has 1 saturated carbocycles. The summed E-state index contributed by atoms with van der Waals surface area (Å²) < 4.78 is 25.2. The molecule has 198 valence electrons. The lowest BCUT2D eigenvalue weighted by molar-refractivity contribution is 0.0976. The molecule has 2 bridgehead atoms. The van der Waals surface area contributed by atoms with Crippen LogP contribution in [0.1, 0.15) is 55.9 Å². The van der Waals surface area contributed by atoms with Gasteiger partial charge in [0.25, 0.3) is 0 Å². The molecular weight excluding hydrogens is 515 g/mol. The van der Waals surface area contributed by atoms with Gasteiger partial charge in [0.05, 0.1) is 41.4 Å². The molecule has 4 aromatic rings. The van der Waals surface area contributed by atoms with Crippen LogP contribution in [0.5, 0.6) is 0 Å². The van der Waals surface area contributed by atoms with Crippen molar-refractivity contribution in [2.24, 2.45) is 5.92 Å². The number of anilines is 2. The summed E-state index contributed by atoms with van der Waals surface area (Å²) >= 11 is 6.77. The van der Waals surface area contributed by atoms with E-state index in [0.29, 0.717) is 56.1 Å². The van der Waals surface area contributed by atoms with Gasteiger partial charge >= 0.3 is 0 Å². The minimum absolute atomic E-state index is 0.225. The lowest BCUT2D eigenvalue weighted by Crippen LogP contribution is -2.53. The third kappa shape index (κ3) is 4.68. The highest BCUT2D eigenvalue weighted by molar-refractivity contribution is 6.35. The van der Waals surface area contributed by atoms with Gasteiger partial charge in [-0.3, -0.25) is 4.98 Å². The normalized spacial score (nSPS) is 24.1. The van der Waals surface area contributed by atoms with Crippen LogP contribution in [-0.4, -0.2) is 50.6 Å². The van der Waals surface area contributed by atoms with Gasteiger partial charge in [-0.25, -0.2) is 9.07 Å². The molecule has 0 amide bonds. The van der Waals surface area contributed by atoms with Crippen LogP contribution in [0.4, 0.5) is 15.8 Å². The summed E-state index contributed by atoms with van der Waals surface area (Å²) in [6.45, 7) is 3.17. The standard InChI is InChI=1S/C29H28ClFN8/c30-24-12-21(34-28(18-1-3-20(31)4-2-18)26-16-39(37-36-26)22-5-6-22)11-23-27(19(13-32)14-33-29(23)24)35-25-15-38-9-7-17(25)8-10-38/h1-4,11-12,14,16-17,22,25,28,34H,5-10,15H2,(H,33,35)/t25?,28-/m1/s1/i28D. The molecule has 1 aliphatic carbocycles. The number of nitriles is 1.